The maximum Gasteiger partial charge on any atom is 0.327 e. The van der Waals surface area contributed by atoms with Crippen molar-refractivity contribution in [1.29, 1.82) is 0 Å². The molecule has 1 rings (SSSR count). The molecule has 0 spiro atoms. The molecule has 3 amide bonds. The highest BCUT2D eigenvalue weighted by Crippen LogP contribution is 2.45. The molecule has 1 heterocycles. The first kappa shape index (κ1) is 30.0. The zero-order valence-corrected chi connectivity index (χ0v) is 23.1. The van der Waals surface area contributed by atoms with Gasteiger partial charge in [0, 0.05) is 50.1 Å². The van der Waals surface area contributed by atoms with E-state index in [1.807, 2.05) is 16.7 Å². The molecule has 1 aliphatic heterocycles. The van der Waals surface area contributed by atoms with Gasteiger partial charge >= 0.3 is 5.97 Å². The van der Waals surface area contributed by atoms with Crippen molar-refractivity contribution in [3.8, 4) is 0 Å². The Balaban J connectivity index is 2.69. The van der Waals surface area contributed by atoms with Crippen molar-refractivity contribution in [2.45, 2.75) is 84.3 Å². The van der Waals surface area contributed by atoms with Gasteiger partial charge in [0.15, 0.2) is 0 Å². The number of carboxylic acids is 1. The van der Waals surface area contributed by atoms with Crippen LogP contribution in [0.5, 0.6) is 0 Å². The van der Waals surface area contributed by atoms with Crippen LogP contribution in [0.3, 0.4) is 0 Å². The molecule has 0 aromatic carbocycles. The van der Waals surface area contributed by atoms with Crippen LogP contribution in [0.2, 0.25) is 0 Å². The molecule has 0 aromatic heterocycles. The minimum Gasteiger partial charge on any atom is -0.480 e. The second kappa shape index (κ2) is 13.7. The van der Waals surface area contributed by atoms with Gasteiger partial charge in [0.2, 0.25) is 17.7 Å². The standard InChI is InChI=1S/C22H39N3O5S3/c1-13(2)20-12-31-22(7,25(20)17(6)28)9-8-14(3)18(23-15(4)26)10-32-33-11-19(21(29)30)24-16(5)27/h13-14,18-20H,8-12H2,1-7H3,(H,23,26)(H,24,27)(H,29,30). The maximum atomic E-state index is 12.4. The Morgan fingerprint density at radius 3 is 2.12 bits per heavy atom. The molecule has 0 bridgehead atoms. The first-order chi connectivity index (χ1) is 15.3. The van der Waals surface area contributed by atoms with Gasteiger partial charge in [-0.1, -0.05) is 42.4 Å². The molecule has 11 heteroatoms. The molecule has 5 unspecified atom stereocenters. The molecule has 33 heavy (non-hydrogen) atoms. The summed E-state index contributed by atoms with van der Waals surface area (Å²) in [6.45, 7) is 13.0. The number of nitrogens with zero attached hydrogens (tertiary/aromatic N) is 1. The van der Waals surface area contributed by atoms with Crippen LogP contribution >= 0.6 is 33.3 Å². The van der Waals surface area contributed by atoms with Crippen molar-refractivity contribution in [2.24, 2.45) is 11.8 Å². The smallest absolute Gasteiger partial charge is 0.327 e. The molecule has 1 saturated heterocycles. The van der Waals surface area contributed by atoms with Gasteiger partial charge in [0.25, 0.3) is 0 Å². The number of amides is 3. The Bertz CT molecular complexity index is 709. The van der Waals surface area contributed by atoms with E-state index in [9.17, 15) is 24.3 Å². The SMILES string of the molecule is CC(=O)NC(CSSCC(NC(C)=O)C(C)CCC1(C)SCC(C(C)C)N1C(C)=O)C(=O)O. The fourth-order valence-corrected chi connectivity index (χ4v) is 8.24. The minimum atomic E-state index is -1.07. The third-order valence-corrected chi connectivity index (χ3v) is 9.87. The molecule has 1 fully saturated rings. The summed E-state index contributed by atoms with van der Waals surface area (Å²) in [5, 5.41) is 14.7. The Labute approximate surface area is 209 Å². The predicted molar refractivity (Wildman–Crippen MR) is 138 cm³/mol. The monoisotopic (exact) mass is 521 g/mol. The van der Waals surface area contributed by atoms with Gasteiger partial charge in [-0.3, -0.25) is 14.4 Å². The molecule has 0 aliphatic carbocycles. The van der Waals surface area contributed by atoms with Gasteiger partial charge in [-0.2, -0.15) is 0 Å². The van der Waals surface area contributed by atoms with E-state index in [4.69, 9.17) is 0 Å². The van der Waals surface area contributed by atoms with E-state index >= 15 is 0 Å². The van der Waals surface area contributed by atoms with Crippen LogP contribution in [0.15, 0.2) is 0 Å². The molecule has 5 atom stereocenters. The second-order valence-corrected chi connectivity index (χ2v) is 13.2. The fourth-order valence-electron chi connectivity index (χ4n) is 3.97. The zero-order valence-electron chi connectivity index (χ0n) is 20.7. The van der Waals surface area contributed by atoms with E-state index in [0.29, 0.717) is 11.7 Å². The lowest BCUT2D eigenvalue weighted by molar-refractivity contribution is -0.140. The van der Waals surface area contributed by atoms with Crippen LogP contribution in [-0.4, -0.2) is 74.0 Å². The summed E-state index contributed by atoms with van der Waals surface area (Å²) in [5.41, 5.74) is 0. The molecule has 0 aromatic rings. The molecule has 0 saturated carbocycles. The lowest BCUT2D eigenvalue weighted by Crippen LogP contribution is -2.49. The highest BCUT2D eigenvalue weighted by Gasteiger charge is 2.46. The molecule has 190 valence electrons. The summed E-state index contributed by atoms with van der Waals surface area (Å²) >= 11 is 1.84. The van der Waals surface area contributed by atoms with Crippen LogP contribution in [0.4, 0.5) is 0 Å². The van der Waals surface area contributed by atoms with E-state index in [1.54, 1.807) is 6.92 Å². The topological polar surface area (TPSA) is 116 Å². The lowest BCUT2D eigenvalue weighted by atomic mass is 9.93. The third-order valence-electron chi connectivity index (χ3n) is 5.90. The second-order valence-electron chi connectivity index (χ2n) is 9.17. The number of thioether (sulfide) groups is 1. The van der Waals surface area contributed by atoms with Gasteiger partial charge in [-0.05, 0) is 31.6 Å². The van der Waals surface area contributed by atoms with E-state index in [0.717, 1.165) is 18.6 Å². The lowest BCUT2D eigenvalue weighted by Gasteiger charge is -2.39. The first-order valence-electron chi connectivity index (χ1n) is 11.2. The van der Waals surface area contributed by atoms with Gasteiger partial charge in [0.1, 0.15) is 6.04 Å². The highest BCUT2D eigenvalue weighted by molar-refractivity contribution is 8.76. The average molecular weight is 522 g/mol. The van der Waals surface area contributed by atoms with Crippen LogP contribution in [0.25, 0.3) is 0 Å². The van der Waals surface area contributed by atoms with Gasteiger partial charge in [0.05, 0.1) is 4.87 Å². The first-order valence-corrected chi connectivity index (χ1v) is 14.7. The van der Waals surface area contributed by atoms with E-state index in [1.165, 1.54) is 35.4 Å². The fraction of sp³-hybridized carbons (Fsp3) is 0.818. The van der Waals surface area contributed by atoms with Crippen molar-refractivity contribution < 1.29 is 24.3 Å². The summed E-state index contributed by atoms with van der Waals surface area (Å²) in [6.07, 6.45) is 1.68. The van der Waals surface area contributed by atoms with E-state index in [-0.39, 0.29) is 46.3 Å². The largest absolute Gasteiger partial charge is 0.480 e. The number of hydrogen-bond acceptors (Lipinski definition) is 7. The van der Waals surface area contributed by atoms with Gasteiger partial charge in [-0.15, -0.1) is 11.8 Å². The highest BCUT2D eigenvalue weighted by atomic mass is 33.1. The average Bonchev–Trinajstić information content (AvgIpc) is 3.05. The number of hydrogen-bond donors (Lipinski definition) is 3. The summed E-state index contributed by atoms with van der Waals surface area (Å²) in [6, 6.07) is -0.787. The van der Waals surface area contributed by atoms with Gasteiger partial charge < -0.3 is 20.6 Å². The predicted octanol–water partition coefficient (Wildman–Crippen LogP) is 3.21. The van der Waals surface area contributed by atoms with Crippen LogP contribution in [0, 0.1) is 11.8 Å². The molecular weight excluding hydrogens is 482 g/mol. The summed E-state index contributed by atoms with van der Waals surface area (Å²) < 4.78 is 0. The number of rotatable bonds is 13. The molecule has 3 N–H and O–H groups in total. The van der Waals surface area contributed by atoms with Crippen molar-refractivity contribution in [3.05, 3.63) is 0 Å². The Hall–Kier alpha value is -1.07. The van der Waals surface area contributed by atoms with Crippen molar-refractivity contribution >= 4 is 57.0 Å². The van der Waals surface area contributed by atoms with Crippen LogP contribution in [-0.2, 0) is 19.2 Å². The van der Waals surface area contributed by atoms with Crippen molar-refractivity contribution in [3.63, 3.8) is 0 Å². The Kier molecular flexibility index (Phi) is 12.5. The number of nitrogens with one attached hydrogen (secondary N) is 2. The number of aliphatic carboxylic acids is 1. The number of carbonyl (C=O) groups is 4. The normalized spacial score (nSPS) is 23.2. The van der Waals surface area contributed by atoms with Crippen molar-refractivity contribution in [2.75, 3.05) is 17.3 Å². The van der Waals surface area contributed by atoms with E-state index < -0.39 is 12.0 Å². The minimum absolute atomic E-state index is 0.0780. The summed E-state index contributed by atoms with van der Waals surface area (Å²) in [7, 11) is 2.86. The number of carbonyl (C=O) groups excluding carboxylic acids is 3. The van der Waals surface area contributed by atoms with Crippen LogP contribution < -0.4 is 10.6 Å². The summed E-state index contributed by atoms with van der Waals surface area (Å²) in [4.78, 5) is 48.4. The van der Waals surface area contributed by atoms with Crippen LogP contribution in [0.1, 0.15) is 61.3 Å². The number of carboxylic acid groups (broad SMARTS) is 1. The van der Waals surface area contributed by atoms with E-state index in [2.05, 4.69) is 38.3 Å². The molecular formula is C22H39N3O5S3. The Morgan fingerprint density at radius 1 is 1.06 bits per heavy atom. The summed E-state index contributed by atoms with van der Waals surface area (Å²) in [5.74, 6) is 0.912. The van der Waals surface area contributed by atoms with Gasteiger partial charge in [-0.25, -0.2) is 4.79 Å². The molecule has 8 nitrogen and oxygen atoms in total. The quantitative estimate of drug-likeness (QED) is 0.250. The molecule has 1 aliphatic rings. The molecule has 0 radical (unpaired) electrons. The zero-order chi connectivity index (χ0) is 25.3. The van der Waals surface area contributed by atoms with Crippen molar-refractivity contribution in [1.82, 2.24) is 15.5 Å². The third kappa shape index (κ3) is 9.60. The Morgan fingerprint density at radius 2 is 1.64 bits per heavy atom. The maximum absolute atomic E-state index is 12.4.